The molecule has 2 unspecified atom stereocenters. The van der Waals surface area contributed by atoms with Crippen molar-refractivity contribution in [3.05, 3.63) is 35.4 Å². The van der Waals surface area contributed by atoms with Crippen molar-refractivity contribution >= 4 is 5.91 Å². The summed E-state index contributed by atoms with van der Waals surface area (Å²) in [4.78, 5) is 17.1. The second kappa shape index (κ2) is 8.65. The smallest absolute Gasteiger partial charge is 0.226 e. The summed E-state index contributed by atoms with van der Waals surface area (Å²) in [6, 6.07) is 3.78. The van der Waals surface area contributed by atoms with E-state index in [-0.39, 0.29) is 24.4 Å². The van der Waals surface area contributed by atoms with E-state index in [9.17, 15) is 13.6 Å². The Labute approximate surface area is 160 Å². The third kappa shape index (κ3) is 4.85. The van der Waals surface area contributed by atoms with E-state index in [1.165, 1.54) is 18.6 Å². The molecule has 2 aliphatic rings. The van der Waals surface area contributed by atoms with Crippen molar-refractivity contribution < 1.29 is 13.6 Å². The topological polar surface area (TPSA) is 49.6 Å². The SMILES string of the molecule is CN(C)CCN(Cc1ccc(F)cc1F)C(=O)C1CC2CCCC(C1)C2N. The Morgan fingerprint density at radius 3 is 2.41 bits per heavy atom. The molecule has 4 nitrogen and oxygen atoms in total. The lowest BCUT2D eigenvalue weighted by molar-refractivity contribution is -0.139. The van der Waals surface area contributed by atoms with E-state index in [2.05, 4.69) is 0 Å². The Kier molecular flexibility index (Phi) is 6.48. The number of nitrogens with zero attached hydrogens (tertiary/aromatic N) is 2. The standard InChI is InChI=1S/C21H31F2N3O/c1-25(2)8-9-26(13-16-6-7-18(22)12-19(16)23)21(27)17-10-14-4-3-5-15(11-17)20(14)24/h6-7,12,14-15,17,20H,3-5,8-11,13,24H2,1-2H3. The molecule has 2 aliphatic carbocycles. The molecule has 0 aromatic heterocycles. The van der Waals surface area contributed by atoms with Gasteiger partial charge in [-0.15, -0.1) is 0 Å². The van der Waals surface area contributed by atoms with Crippen LogP contribution < -0.4 is 5.73 Å². The number of rotatable bonds is 6. The summed E-state index contributed by atoms with van der Waals surface area (Å²) >= 11 is 0. The van der Waals surface area contributed by atoms with Crippen LogP contribution in [0.1, 0.15) is 37.7 Å². The average Bonchev–Trinajstić information content (AvgIpc) is 2.59. The summed E-state index contributed by atoms with van der Waals surface area (Å²) in [6.45, 7) is 1.41. The normalized spacial score (nSPS) is 27.6. The second-order valence-electron chi connectivity index (χ2n) is 8.50. The van der Waals surface area contributed by atoms with E-state index < -0.39 is 11.6 Å². The average molecular weight is 379 g/mol. The van der Waals surface area contributed by atoms with Crippen LogP contribution in [-0.2, 0) is 11.3 Å². The predicted molar refractivity (Wildman–Crippen MR) is 102 cm³/mol. The van der Waals surface area contributed by atoms with E-state index in [4.69, 9.17) is 5.73 Å². The van der Waals surface area contributed by atoms with Gasteiger partial charge in [0.25, 0.3) is 0 Å². The fourth-order valence-electron chi connectivity index (χ4n) is 4.69. The molecule has 2 N–H and O–H groups in total. The van der Waals surface area contributed by atoms with Crippen molar-refractivity contribution in [3.63, 3.8) is 0 Å². The molecular weight excluding hydrogens is 348 g/mol. The zero-order valence-electron chi connectivity index (χ0n) is 16.3. The Morgan fingerprint density at radius 1 is 1.15 bits per heavy atom. The Balaban J connectivity index is 1.74. The highest BCUT2D eigenvalue weighted by atomic mass is 19.1. The maximum absolute atomic E-state index is 14.1. The van der Waals surface area contributed by atoms with E-state index in [0.717, 1.165) is 31.7 Å². The molecule has 27 heavy (non-hydrogen) atoms. The van der Waals surface area contributed by atoms with Gasteiger partial charge in [0.05, 0.1) is 0 Å². The maximum atomic E-state index is 14.1. The van der Waals surface area contributed by atoms with Crippen LogP contribution in [0.15, 0.2) is 18.2 Å². The summed E-state index contributed by atoms with van der Waals surface area (Å²) in [6.07, 6.45) is 5.08. The minimum atomic E-state index is -0.600. The molecule has 0 radical (unpaired) electrons. The molecule has 0 saturated heterocycles. The van der Waals surface area contributed by atoms with Gasteiger partial charge in [-0.1, -0.05) is 12.5 Å². The fourth-order valence-corrected chi connectivity index (χ4v) is 4.69. The number of nitrogens with two attached hydrogens (primary N) is 1. The van der Waals surface area contributed by atoms with Crippen LogP contribution >= 0.6 is 0 Å². The molecule has 2 bridgehead atoms. The van der Waals surface area contributed by atoms with Gasteiger partial charge >= 0.3 is 0 Å². The van der Waals surface area contributed by atoms with Crippen molar-refractivity contribution in [2.75, 3.05) is 27.2 Å². The number of halogens is 2. The molecule has 0 heterocycles. The van der Waals surface area contributed by atoms with E-state index in [0.29, 0.717) is 30.5 Å². The van der Waals surface area contributed by atoms with Gasteiger partial charge in [-0.2, -0.15) is 0 Å². The number of benzene rings is 1. The Hall–Kier alpha value is -1.53. The van der Waals surface area contributed by atoms with E-state index in [1.54, 1.807) is 4.90 Å². The van der Waals surface area contributed by atoms with Crippen LogP contribution in [0.3, 0.4) is 0 Å². The highest BCUT2D eigenvalue weighted by Crippen LogP contribution is 2.42. The first kappa shape index (κ1) is 20.2. The first-order chi connectivity index (χ1) is 12.8. The lowest BCUT2D eigenvalue weighted by Crippen LogP contribution is -2.50. The molecule has 2 atom stereocenters. The van der Waals surface area contributed by atoms with Gasteiger partial charge in [-0.05, 0) is 57.7 Å². The molecule has 1 aromatic rings. The number of likely N-dealkylation sites (N-methyl/N-ethyl adjacent to an activating group) is 1. The number of carbonyl (C=O) groups is 1. The van der Waals surface area contributed by atoms with Gasteiger partial charge in [-0.3, -0.25) is 4.79 Å². The molecule has 150 valence electrons. The minimum Gasteiger partial charge on any atom is -0.337 e. The third-order valence-electron chi connectivity index (χ3n) is 6.27. The summed E-state index contributed by atoms with van der Waals surface area (Å²) in [5.41, 5.74) is 6.72. The predicted octanol–water partition coefficient (Wildman–Crippen LogP) is 3.01. The highest BCUT2D eigenvalue weighted by molar-refractivity contribution is 5.79. The number of amides is 1. The van der Waals surface area contributed by atoms with Crippen molar-refractivity contribution in [2.45, 2.75) is 44.7 Å². The summed E-state index contributed by atoms with van der Waals surface area (Å²) in [5.74, 6) is -0.304. The number of carbonyl (C=O) groups excluding carboxylic acids is 1. The largest absolute Gasteiger partial charge is 0.337 e. The minimum absolute atomic E-state index is 0.0363. The zero-order valence-corrected chi connectivity index (χ0v) is 16.3. The van der Waals surface area contributed by atoms with Gasteiger partial charge in [0, 0.05) is 43.2 Å². The lowest BCUT2D eigenvalue weighted by atomic mass is 9.65. The van der Waals surface area contributed by atoms with Gasteiger partial charge in [0.2, 0.25) is 5.91 Å². The van der Waals surface area contributed by atoms with E-state index in [1.807, 2.05) is 19.0 Å². The molecular formula is C21H31F2N3O. The fraction of sp³-hybridized carbons (Fsp3) is 0.667. The highest BCUT2D eigenvalue weighted by Gasteiger charge is 2.41. The first-order valence-electron chi connectivity index (χ1n) is 9.98. The third-order valence-corrected chi connectivity index (χ3v) is 6.27. The Morgan fingerprint density at radius 2 is 1.81 bits per heavy atom. The van der Waals surface area contributed by atoms with Crippen molar-refractivity contribution in [1.82, 2.24) is 9.80 Å². The second-order valence-corrected chi connectivity index (χ2v) is 8.50. The van der Waals surface area contributed by atoms with E-state index >= 15 is 0 Å². The zero-order chi connectivity index (χ0) is 19.6. The van der Waals surface area contributed by atoms with Crippen LogP contribution in [-0.4, -0.2) is 48.9 Å². The molecule has 1 aromatic carbocycles. The number of fused-ring (bicyclic) bond motifs is 2. The van der Waals surface area contributed by atoms with Crippen molar-refractivity contribution in [2.24, 2.45) is 23.5 Å². The first-order valence-corrected chi connectivity index (χ1v) is 9.98. The number of hydrogen-bond donors (Lipinski definition) is 1. The molecule has 6 heteroatoms. The molecule has 2 saturated carbocycles. The van der Waals surface area contributed by atoms with Gasteiger partial charge in [0.1, 0.15) is 11.6 Å². The molecule has 3 rings (SSSR count). The van der Waals surface area contributed by atoms with Gasteiger partial charge in [0.15, 0.2) is 0 Å². The molecule has 1 amide bonds. The Bertz CT molecular complexity index is 653. The van der Waals surface area contributed by atoms with Crippen molar-refractivity contribution in [3.8, 4) is 0 Å². The molecule has 0 spiro atoms. The number of hydrogen-bond acceptors (Lipinski definition) is 3. The lowest BCUT2D eigenvalue weighted by Gasteiger charge is -2.44. The van der Waals surface area contributed by atoms with Crippen LogP contribution in [0.4, 0.5) is 8.78 Å². The summed E-state index contributed by atoms with van der Waals surface area (Å²) < 4.78 is 27.4. The van der Waals surface area contributed by atoms with Gasteiger partial charge in [-0.25, -0.2) is 8.78 Å². The van der Waals surface area contributed by atoms with Crippen LogP contribution in [0.2, 0.25) is 0 Å². The van der Waals surface area contributed by atoms with Crippen LogP contribution in [0.25, 0.3) is 0 Å². The summed E-state index contributed by atoms with van der Waals surface area (Å²) in [5, 5.41) is 0. The van der Waals surface area contributed by atoms with Gasteiger partial charge < -0.3 is 15.5 Å². The molecule has 0 aliphatic heterocycles. The monoisotopic (exact) mass is 379 g/mol. The maximum Gasteiger partial charge on any atom is 0.226 e. The molecule has 2 fully saturated rings. The van der Waals surface area contributed by atoms with Crippen LogP contribution in [0.5, 0.6) is 0 Å². The van der Waals surface area contributed by atoms with Crippen LogP contribution in [0, 0.1) is 29.4 Å². The van der Waals surface area contributed by atoms with Crippen molar-refractivity contribution in [1.29, 1.82) is 0 Å². The summed E-state index contributed by atoms with van der Waals surface area (Å²) in [7, 11) is 3.90. The quantitative estimate of drug-likeness (QED) is 0.827.